The van der Waals surface area contributed by atoms with Crippen molar-refractivity contribution in [1.29, 1.82) is 0 Å². The second-order valence-corrected chi connectivity index (χ2v) is 5.68. The molecule has 2 rings (SSSR count). The molecule has 3 heteroatoms. The Bertz CT molecular complexity index is 407. The fraction of sp³-hybridized carbons (Fsp3) is 0.562. The van der Waals surface area contributed by atoms with E-state index in [1.165, 1.54) is 25.7 Å². The maximum atomic E-state index is 12.2. The summed E-state index contributed by atoms with van der Waals surface area (Å²) in [6.45, 7) is 2.29. The van der Waals surface area contributed by atoms with Crippen LogP contribution in [0.15, 0.2) is 24.3 Å². The minimum absolute atomic E-state index is 0.100. The Hall–Kier alpha value is -1.02. The van der Waals surface area contributed by atoms with Gasteiger partial charge in [0.15, 0.2) is 0 Å². The van der Waals surface area contributed by atoms with Crippen molar-refractivity contribution in [3.8, 4) is 0 Å². The number of halogens is 1. The Balaban J connectivity index is 2.12. The quantitative estimate of drug-likeness (QED) is 0.739. The van der Waals surface area contributed by atoms with E-state index in [4.69, 9.17) is 16.3 Å². The van der Waals surface area contributed by atoms with Gasteiger partial charge in [-0.1, -0.05) is 49.4 Å². The molecule has 0 aromatic heterocycles. The molecular formula is C16H21ClO2. The molecule has 1 aromatic rings. The topological polar surface area (TPSA) is 26.3 Å². The normalized spacial score (nSPS) is 17.4. The van der Waals surface area contributed by atoms with E-state index in [1.807, 2.05) is 31.2 Å². The second kappa shape index (κ2) is 6.95. The van der Waals surface area contributed by atoms with Crippen LogP contribution in [-0.4, -0.2) is 12.6 Å². The van der Waals surface area contributed by atoms with E-state index in [1.54, 1.807) is 0 Å². The predicted octanol–water partition coefficient (Wildman–Crippen LogP) is 4.57. The zero-order valence-corrected chi connectivity index (χ0v) is 12.2. The molecule has 1 aromatic carbocycles. The lowest BCUT2D eigenvalue weighted by molar-refractivity contribution is -0.145. The summed E-state index contributed by atoms with van der Waals surface area (Å²) in [6.07, 6.45) is 5.97. The zero-order valence-electron chi connectivity index (χ0n) is 11.4. The average Bonchev–Trinajstić information content (AvgIpc) is 2.90. The van der Waals surface area contributed by atoms with E-state index in [2.05, 4.69) is 0 Å². The van der Waals surface area contributed by atoms with Crippen molar-refractivity contribution in [3.63, 3.8) is 0 Å². The fourth-order valence-corrected chi connectivity index (χ4v) is 3.01. The third-order valence-corrected chi connectivity index (χ3v) is 4.14. The van der Waals surface area contributed by atoms with Crippen molar-refractivity contribution < 1.29 is 9.53 Å². The van der Waals surface area contributed by atoms with Crippen molar-refractivity contribution in [3.05, 3.63) is 34.9 Å². The summed E-state index contributed by atoms with van der Waals surface area (Å²) in [4.78, 5) is 12.2. The third kappa shape index (κ3) is 3.97. The largest absolute Gasteiger partial charge is 0.466 e. The molecule has 19 heavy (non-hydrogen) atoms. The van der Waals surface area contributed by atoms with E-state index >= 15 is 0 Å². The van der Waals surface area contributed by atoms with Crippen LogP contribution in [-0.2, 0) is 9.53 Å². The zero-order chi connectivity index (χ0) is 13.7. The number of esters is 1. The number of carbonyl (C=O) groups is 1. The van der Waals surface area contributed by atoms with Gasteiger partial charge in [-0.2, -0.15) is 0 Å². The van der Waals surface area contributed by atoms with Crippen LogP contribution in [0.5, 0.6) is 0 Å². The van der Waals surface area contributed by atoms with Gasteiger partial charge in [-0.05, 0) is 37.0 Å². The number of rotatable bonds is 5. The van der Waals surface area contributed by atoms with Crippen LogP contribution < -0.4 is 0 Å². The molecule has 0 radical (unpaired) electrons. The van der Waals surface area contributed by atoms with Crippen molar-refractivity contribution in [1.82, 2.24) is 0 Å². The Kier molecular flexibility index (Phi) is 5.26. The first-order chi connectivity index (χ1) is 9.20. The van der Waals surface area contributed by atoms with Gasteiger partial charge in [-0.15, -0.1) is 0 Å². The van der Waals surface area contributed by atoms with E-state index < -0.39 is 0 Å². The van der Waals surface area contributed by atoms with Gasteiger partial charge in [0.25, 0.3) is 0 Å². The molecule has 0 bridgehead atoms. The van der Waals surface area contributed by atoms with Gasteiger partial charge in [-0.3, -0.25) is 4.79 Å². The van der Waals surface area contributed by atoms with Crippen molar-refractivity contribution in [2.24, 2.45) is 5.92 Å². The lowest BCUT2D eigenvalue weighted by Crippen LogP contribution is -2.18. The first kappa shape index (κ1) is 14.4. The van der Waals surface area contributed by atoms with Crippen LogP contribution in [0.4, 0.5) is 0 Å². The number of hydrogen-bond donors (Lipinski definition) is 0. The highest BCUT2D eigenvalue weighted by atomic mass is 35.5. The molecule has 2 nitrogen and oxygen atoms in total. The van der Waals surface area contributed by atoms with Crippen LogP contribution >= 0.6 is 11.6 Å². The summed E-state index contributed by atoms with van der Waals surface area (Å²) >= 11 is 5.91. The SMILES string of the molecule is CCOC(=O)C(CC1CCCC1)c1ccc(Cl)cc1. The van der Waals surface area contributed by atoms with E-state index in [0.717, 1.165) is 12.0 Å². The maximum Gasteiger partial charge on any atom is 0.313 e. The van der Waals surface area contributed by atoms with E-state index in [0.29, 0.717) is 17.5 Å². The summed E-state index contributed by atoms with van der Waals surface area (Å²) in [6, 6.07) is 7.58. The highest BCUT2D eigenvalue weighted by Crippen LogP contribution is 2.35. The molecule has 0 heterocycles. The first-order valence-corrected chi connectivity index (χ1v) is 7.50. The number of carbonyl (C=O) groups excluding carboxylic acids is 1. The smallest absolute Gasteiger partial charge is 0.313 e. The van der Waals surface area contributed by atoms with Crippen molar-refractivity contribution in [2.75, 3.05) is 6.61 Å². The lowest BCUT2D eigenvalue weighted by Gasteiger charge is -2.19. The molecule has 0 amide bonds. The Morgan fingerprint density at radius 2 is 1.95 bits per heavy atom. The summed E-state index contributed by atoms with van der Waals surface area (Å²) in [7, 11) is 0. The molecule has 1 aliphatic carbocycles. The first-order valence-electron chi connectivity index (χ1n) is 7.12. The Morgan fingerprint density at radius 3 is 2.53 bits per heavy atom. The average molecular weight is 281 g/mol. The van der Waals surface area contributed by atoms with Crippen LogP contribution in [0.2, 0.25) is 5.02 Å². The number of hydrogen-bond acceptors (Lipinski definition) is 2. The predicted molar refractivity (Wildman–Crippen MR) is 77.4 cm³/mol. The van der Waals surface area contributed by atoms with Crippen LogP contribution in [0.25, 0.3) is 0 Å². The van der Waals surface area contributed by atoms with Gasteiger partial charge in [0, 0.05) is 5.02 Å². The molecule has 1 unspecified atom stereocenters. The molecule has 104 valence electrons. The lowest BCUT2D eigenvalue weighted by atomic mass is 9.88. The van der Waals surface area contributed by atoms with Gasteiger partial charge >= 0.3 is 5.97 Å². The summed E-state index contributed by atoms with van der Waals surface area (Å²) in [5.74, 6) is 0.419. The number of benzene rings is 1. The minimum Gasteiger partial charge on any atom is -0.466 e. The highest BCUT2D eigenvalue weighted by molar-refractivity contribution is 6.30. The van der Waals surface area contributed by atoms with Crippen molar-refractivity contribution in [2.45, 2.75) is 44.9 Å². The Morgan fingerprint density at radius 1 is 1.32 bits per heavy atom. The van der Waals surface area contributed by atoms with Gasteiger partial charge in [0.1, 0.15) is 0 Å². The third-order valence-electron chi connectivity index (χ3n) is 3.89. The molecule has 1 fully saturated rings. The van der Waals surface area contributed by atoms with Gasteiger partial charge in [0.05, 0.1) is 12.5 Å². The molecule has 0 saturated heterocycles. The summed E-state index contributed by atoms with van der Waals surface area (Å²) in [5, 5.41) is 0.701. The van der Waals surface area contributed by atoms with E-state index in [9.17, 15) is 4.79 Å². The molecule has 0 spiro atoms. The minimum atomic E-state index is -0.139. The Labute approximate surface area is 120 Å². The monoisotopic (exact) mass is 280 g/mol. The second-order valence-electron chi connectivity index (χ2n) is 5.24. The van der Waals surface area contributed by atoms with E-state index in [-0.39, 0.29) is 11.9 Å². The molecule has 1 saturated carbocycles. The van der Waals surface area contributed by atoms with Gasteiger partial charge in [-0.25, -0.2) is 0 Å². The standard InChI is InChI=1S/C16H21ClO2/c1-2-19-16(18)15(11-12-5-3-4-6-12)13-7-9-14(17)10-8-13/h7-10,12,15H,2-6,11H2,1H3. The summed E-state index contributed by atoms with van der Waals surface area (Å²) in [5.41, 5.74) is 1.02. The molecule has 1 aliphatic rings. The fourth-order valence-electron chi connectivity index (χ4n) is 2.89. The molecular weight excluding hydrogens is 260 g/mol. The molecule has 0 N–H and O–H groups in total. The van der Waals surface area contributed by atoms with Crippen LogP contribution in [0, 0.1) is 5.92 Å². The van der Waals surface area contributed by atoms with Crippen molar-refractivity contribution >= 4 is 17.6 Å². The summed E-state index contributed by atoms with van der Waals surface area (Å²) < 4.78 is 5.23. The maximum absolute atomic E-state index is 12.2. The van der Waals surface area contributed by atoms with Crippen LogP contribution in [0.1, 0.15) is 50.5 Å². The van der Waals surface area contributed by atoms with Crippen LogP contribution in [0.3, 0.4) is 0 Å². The number of ether oxygens (including phenoxy) is 1. The molecule has 0 aliphatic heterocycles. The van der Waals surface area contributed by atoms with Gasteiger partial charge < -0.3 is 4.74 Å². The van der Waals surface area contributed by atoms with Gasteiger partial charge in [0.2, 0.25) is 0 Å². The molecule has 1 atom stereocenters. The highest BCUT2D eigenvalue weighted by Gasteiger charge is 2.27.